The summed E-state index contributed by atoms with van der Waals surface area (Å²) in [6, 6.07) is 4.73. The number of halogens is 1. The molecule has 0 unspecified atom stereocenters. The Labute approximate surface area is 133 Å². The van der Waals surface area contributed by atoms with Crippen molar-refractivity contribution in [1.82, 2.24) is 4.72 Å². The van der Waals surface area contributed by atoms with Crippen LogP contribution in [0.15, 0.2) is 27.6 Å². The first kappa shape index (κ1) is 17.8. The molecular weight excluding hydrogens is 362 g/mol. The second-order valence-corrected chi connectivity index (χ2v) is 7.85. The van der Waals surface area contributed by atoms with Gasteiger partial charge in [-0.25, -0.2) is 13.1 Å². The summed E-state index contributed by atoms with van der Waals surface area (Å²) in [4.78, 5) is 0.245. The molecule has 0 aromatic heterocycles. The van der Waals surface area contributed by atoms with E-state index < -0.39 is 10.0 Å². The third kappa shape index (κ3) is 5.63. The number of ether oxygens (including phenoxy) is 1. The molecule has 4 nitrogen and oxygen atoms in total. The number of unbranched alkanes of at least 4 members (excludes halogenated alkanes) is 2. The first-order valence-corrected chi connectivity index (χ1v) is 10.0. The molecule has 1 rings (SSSR count). The summed E-state index contributed by atoms with van der Waals surface area (Å²) in [5, 5.41) is 0. The van der Waals surface area contributed by atoms with E-state index >= 15 is 0 Å². The molecule has 0 saturated heterocycles. The second kappa shape index (κ2) is 8.92. The Hall–Kier alpha value is -0.240. The smallest absolute Gasteiger partial charge is 0.240 e. The number of methoxy groups -OCH3 is 1. The van der Waals surface area contributed by atoms with Gasteiger partial charge in [0.15, 0.2) is 0 Å². The highest BCUT2D eigenvalue weighted by molar-refractivity contribution is 9.10. The van der Waals surface area contributed by atoms with Crippen molar-refractivity contribution in [1.29, 1.82) is 0 Å². The minimum Gasteiger partial charge on any atom is -0.496 e. The summed E-state index contributed by atoms with van der Waals surface area (Å²) in [5.41, 5.74) is 0. The Morgan fingerprint density at radius 1 is 1.30 bits per heavy atom. The van der Waals surface area contributed by atoms with E-state index in [4.69, 9.17) is 4.74 Å². The molecule has 0 aliphatic heterocycles. The van der Waals surface area contributed by atoms with Crippen molar-refractivity contribution in [2.45, 2.75) is 24.2 Å². The van der Waals surface area contributed by atoms with Gasteiger partial charge in [-0.15, -0.1) is 0 Å². The summed E-state index contributed by atoms with van der Waals surface area (Å²) >= 11 is 5.10. The molecule has 1 aromatic carbocycles. The van der Waals surface area contributed by atoms with Crippen LogP contribution in [0.25, 0.3) is 0 Å². The maximum Gasteiger partial charge on any atom is 0.240 e. The summed E-state index contributed by atoms with van der Waals surface area (Å²) in [5.74, 6) is 1.74. The van der Waals surface area contributed by atoms with E-state index in [0.29, 0.717) is 16.8 Å². The molecule has 114 valence electrons. The van der Waals surface area contributed by atoms with Crippen LogP contribution in [-0.2, 0) is 10.0 Å². The quantitative estimate of drug-likeness (QED) is 0.666. The van der Waals surface area contributed by atoms with Crippen LogP contribution in [0.3, 0.4) is 0 Å². The lowest BCUT2D eigenvalue weighted by Crippen LogP contribution is -2.24. The number of hydrogen-bond donors (Lipinski definition) is 1. The van der Waals surface area contributed by atoms with E-state index in [1.807, 2.05) is 11.8 Å². The molecule has 7 heteroatoms. The third-order valence-electron chi connectivity index (χ3n) is 2.75. The fourth-order valence-electron chi connectivity index (χ4n) is 1.65. The standard InChI is InChI=1S/C13H20BrNO3S2/c1-18-13-7-6-11(10-12(13)14)20(16,17)15-8-4-3-5-9-19-2/h6-7,10,15H,3-5,8-9H2,1-2H3. The Morgan fingerprint density at radius 2 is 2.05 bits per heavy atom. The van der Waals surface area contributed by atoms with Gasteiger partial charge in [0.25, 0.3) is 0 Å². The average molecular weight is 382 g/mol. The van der Waals surface area contributed by atoms with Crippen molar-refractivity contribution in [3.63, 3.8) is 0 Å². The van der Waals surface area contributed by atoms with E-state index in [1.54, 1.807) is 25.3 Å². The maximum absolute atomic E-state index is 12.1. The number of thioether (sulfide) groups is 1. The molecule has 20 heavy (non-hydrogen) atoms. The molecule has 0 radical (unpaired) electrons. The van der Waals surface area contributed by atoms with Crippen molar-refractivity contribution in [3.05, 3.63) is 22.7 Å². The third-order valence-corrected chi connectivity index (χ3v) is 5.53. The molecule has 0 atom stereocenters. The summed E-state index contributed by atoms with van der Waals surface area (Å²) in [7, 11) is -1.90. The normalized spacial score (nSPS) is 11.6. The number of nitrogens with one attached hydrogen (secondary N) is 1. The minimum absolute atomic E-state index is 0.245. The van der Waals surface area contributed by atoms with Gasteiger partial charge in [-0.05, 0) is 59.0 Å². The van der Waals surface area contributed by atoms with Gasteiger partial charge in [-0.1, -0.05) is 6.42 Å². The fourth-order valence-corrected chi connectivity index (χ4v) is 3.94. The second-order valence-electron chi connectivity index (χ2n) is 4.25. The van der Waals surface area contributed by atoms with Crippen LogP contribution in [0, 0.1) is 0 Å². The number of rotatable bonds is 9. The van der Waals surface area contributed by atoms with Crippen LogP contribution in [0.1, 0.15) is 19.3 Å². The maximum atomic E-state index is 12.1. The van der Waals surface area contributed by atoms with Crippen LogP contribution in [0.4, 0.5) is 0 Å². The van der Waals surface area contributed by atoms with Crippen molar-refractivity contribution in [2.75, 3.05) is 25.7 Å². The highest BCUT2D eigenvalue weighted by Gasteiger charge is 2.15. The molecule has 1 N–H and O–H groups in total. The minimum atomic E-state index is -3.44. The fraction of sp³-hybridized carbons (Fsp3) is 0.538. The van der Waals surface area contributed by atoms with Gasteiger partial charge >= 0.3 is 0 Å². The highest BCUT2D eigenvalue weighted by Crippen LogP contribution is 2.27. The summed E-state index contributed by atoms with van der Waals surface area (Å²) in [6.07, 6.45) is 5.09. The Balaban J connectivity index is 2.54. The van der Waals surface area contributed by atoms with Gasteiger partial charge in [0.1, 0.15) is 5.75 Å². The lowest BCUT2D eigenvalue weighted by molar-refractivity contribution is 0.411. The number of sulfonamides is 1. The van der Waals surface area contributed by atoms with Gasteiger partial charge in [-0.2, -0.15) is 11.8 Å². The molecule has 0 aliphatic rings. The van der Waals surface area contributed by atoms with E-state index in [0.717, 1.165) is 25.0 Å². The molecule has 0 bridgehead atoms. The number of benzene rings is 1. The zero-order valence-electron chi connectivity index (χ0n) is 11.7. The highest BCUT2D eigenvalue weighted by atomic mass is 79.9. The molecular formula is C13H20BrNO3S2. The van der Waals surface area contributed by atoms with E-state index in [9.17, 15) is 8.42 Å². The van der Waals surface area contributed by atoms with E-state index in [1.165, 1.54) is 0 Å². The van der Waals surface area contributed by atoms with E-state index in [-0.39, 0.29) is 4.90 Å². The Morgan fingerprint density at radius 3 is 2.65 bits per heavy atom. The largest absolute Gasteiger partial charge is 0.496 e. The molecule has 0 amide bonds. The van der Waals surface area contributed by atoms with E-state index in [2.05, 4.69) is 26.9 Å². The first-order valence-electron chi connectivity index (χ1n) is 6.33. The monoisotopic (exact) mass is 381 g/mol. The zero-order chi connectivity index (χ0) is 15.0. The molecule has 0 spiro atoms. The topological polar surface area (TPSA) is 55.4 Å². The van der Waals surface area contributed by atoms with Crippen LogP contribution in [-0.4, -0.2) is 34.1 Å². The van der Waals surface area contributed by atoms with Gasteiger partial charge in [0, 0.05) is 6.54 Å². The molecule has 0 saturated carbocycles. The van der Waals surface area contributed by atoms with Gasteiger partial charge in [-0.3, -0.25) is 0 Å². The lowest BCUT2D eigenvalue weighted by atomic mass is 10.2. The van der Waals surface area contributed by atoms with Crippen LogP contribution in [0.5, 0.6) is 5.75 Å². The van der Waals surface area contributed by atoms with Crippen LogP contribution < -0.4 is 9.46 Å². The van der Waals surface area contributed by atoms with Gasteiger partial charge < -0.3 is 4.74 Å². The molecule has 0 fully saturated rings. The van der Waals surface area contributed by atoms with Crippen LogP contribution >= 0.6 is 27.7 Å². The summed E-state index contributed by atoms with van der Waals surface area (Å²) in [6.45, 7) is 0.473. The first-order chi connectivity index (χ1) is 9.51. The molecule has 0 aliphatic carbocycles. The van der Waals surface area contributed by atoms with Crippen molar-refractivity contribution < 1.29 is 13.2 Å². The van der Waals surface area contributed by atoms with Crippen molar-refractivity contribution in [2.24, 2.45) is 0 Å². The van der Waals surface area contributed by atoms with Crippen molar-refractivity contribution in [3.8, 4) is 5.75 Å². The predicted molar refractivity (Wildman–Crippen MR) is 88.1 cm³/mol. The lowest BCUT2D eigenvalue weighted by Gasteiger charge is -2.09. The number of hydrogen-bond acceptors (Lipinski definition) is 4. The van der Waals surface area contributed by atoms with Gasteiger partial charge in [0.2, 0.25) is 10.0 Å². The van der Waals surface area contributed by atoms with Gasteiger partial charge in [0.05, 0.1) is 16.5 Å². The summed E-state index contributed by atoms with van der Waals surface area (Å²) < 4.78 is 32.5. The molecule has 0 heterocycles. The zero-order valence-corrected chi connectivity index (χ0v) is 14.9. The predicted octanol–water partition coefficient (Wildman–Crippen LogP) is 3.27. The SMILES string of the molecule is COc1ccc(S(=O)(=O)NCCCCCSC)cc1Br. The van der Waals surface area contributed by atoms with Crippen LogP contribution in [0.2, 0.25) is 0 Å². The van der Waals surface area contributed by atoms with Crippen molar-refractivity contribution >= 4 is 37.7 Å². The Bertz CT molecular complexity index is 520. The molecule has 1 aromatic rings. The Kier molecular flexibility index (Phi) is 7.94. The average Bonchev–Trinajstić information content (AvgIpc) is 2.42.